The molecule has 2 unspecified atom stereocenters. The molecule has 1 amide bonds. The van der Waals surface area contributed by atoms with Crippen LogP contribution in [0.15, 0.2) is 0 Å². The average molecular weight is 176 g/mol. The number of rotatable bonds is 2. The number of nitrogens with one attached hydrogen (secondary N) is 1. The van der Waals surface area contributed by atoms with Gasteiger partial charge in [0.1, 0.15) is 0 Å². The smallest absolute Gasteiger partial charge is 0.226 e. The maximum absolute atomic E-state index is 11.0. The van der Waals surface area contributed by atoms with Crippen molar-refractivity contribution in [3.63, 3.8) is 0 Å². The quantitative estimate of drug-likeness (QED) is 0.571. The molecule has 0 spiro atoms. The first-order chi connectivity index (χ1) is 5.04. The Bertz CT molecular complexity index is 206. The highest BCUT2D eigenvalue weighted by atomic mass is 32.2. The molecular weight excluding hydrogens is 166 g/mol. The minimum Gasteiger partial charge on any atom is -0.772 e. The standard InChI is InChI=1S/C6H11NO3S/c1-6(4-11(9)10)2-3-7-5(6)8/h2-4H2,1H3,(H,7,8)(H,9,10)/p-1. The fourth-order valence-corrected chi connectivity index (χ4v) is 1.97. The topological polar surface area (TPSA) is 69.2 Å². The van der Waals surface area contributed by atoms with Gasteiger partial charge in [-0.05, 0) is 13.3 Å². The fourth-order valence-electron chi connectivity index (χ4n) is 1.18. The number of hydrogen-bond acceptors (Lipinski definition) is 3. The lowest BCUT2D eigenvalue weighted by atomic mass is 9.92. The summed E-state index contributed by atoms with van der Waals surface area (Å²) in [5, 5.41) is 2.60. The first-order valence-electron chi connectivity index (χ1n) is 3.39. The molecular formula is C6H10NO3S-. The van der Waals surface area contributed by atoms with Crippen LogP contribution >= 0.6 is 0 Å². The molecule has 1 N–H and O–H groups in total. The third kappa shape index (κ3) is 1.78. The van der Waals surface area contributed by atoms with Gasteiger partial charge in [0.15, 0.2) is 0 Å². The molecule has 0 bridgehead atoms. The van der Waals surface area contributed by atoms with Crippen molar-refractivity contribution >= 4 is 17.0 Å². The molecule has 1 heterocycles. The van der Waals surface area contributed by atoms with E-state index in [-0.39, 0.29) is 11.7 Å². The van der Waals surface area contributed by atoms with Crippen LogP contribution in [0.2, 0.25) is 0 Å². The average Bonchev–Trinajstić information content (AvgIpc) is 2.11. The van der Waals surface area contributed by atoms with Gasteiger partial charge in [0.05, 0.1) is 5.41 Å². The Hall–Kier alpha value is -0.420. The normalized spacial score (nSPS) is 33.5. The molecule has 0 aromatic heterocycles. The van der Waals surface area contributed by atoms with Crippen molar-refractivity contribution in [3.8, 4) is 0 Å². The van der Waals surface area contributed by atoms with Crippen molar-refractivity contribution in [3.05, 3.63) is 0 Å². The van der Waals surface area contributed by atoms with E-state index >= 15 is 0 Å². The Balaban J connectivity index is 2.65. The van der Waals surface area contributed by atoms with Crippen molar-refractivity contribution in [1.29, 1.82) is 0 Å². The molecule has 11 heavy (non-hydrogen) atoms. The molecule has 1 saturated heterocycles. The first-order valence-corrected chi connectivity index (χ1v) is 4.63. The van der Waals surface area contributed by atoms with Gasteiger partial charge in [-0.15, -0.1) is 0 Å². The van der Waals surface area contributed by atoms with Gasteiger partial charge in [-0.25, -0.2) is 0 Å². The number of hydrogen-bond donors (Lipinski definition) is 1. The molecule has 0 aromatic carbocycles. The molecule has 2 atom stereocenters. The molecule has 0 radical (unpaired) electrons. The minimum absolute atomic E-state index is 0.0706. The van der Waals surface area contributed by atoms with Gasteiger partial charge in [-0.2, -0.15) is 0 Å². The largest absolute Gasteiger partial charge is 0.772 e. The van der Waals surface area contributed by atoms with E-state index in [9.17, 15) is 13.6 Å². The van der Waals surface area contributed by atoms with E-state index in [0.29, 0.717) is 13.0 Å². The van der Waals surface area contributed by atoms with Crippen molar-refractivity contribution in [2.24, 2.45) is 5.41 Å². The van der Waals surface area contributed by atoms with E-state index in [1.807, 2.05) is 0 Å². The van der Waals surface area contributed by atoms with E-state index in [1.54, 1.807) is 6.92 Å². The molecule has 1 fully saturated rings. The van der Waals surface area contributed by atoms with Crippen molar-refractivity contribution in [2.75, 3.05) is 12.3 Å². The van der Waals surface area contributed by atoms with Crippen molar-refractivity contribution < 1.29 is 13.6 Å². The van der Waals surface area contributed by atoms with Crippen LogP contribution in [0, 0.1) is 5.41 Å². The second kappa shape index (κ2) is 2.91. The molecule has 1 aliphatic rings. The minimum atomic E-state index is -2.13. The summed E-state index contributed by atoms with van der Waals surface area (Å²) in [6.07, 6.45) is 0.611. The third-order valence-electron chi connectivity index (χ3n) is 1.95. The van der Waals surface area contributed by atoms with Crippen LogP contribution < -0.4 is 5.32 Å². The van der Waals surface area contributed by atoms with Gasteiger partial charge in [-0.1, -0.05) is 11.1 Å². The van der Waals surface area contributed by atoms with E-state index in [1.165, 1.54) is 0 Å². The Morgan fingerprint density at radius 3 is 2.82 bits per heavy atom. The van der Waals surface area contributed by atoms with Crippen LogP contribution in [0.25, 0.3) is 0 Å². The van der Waals surface area contributed by atoms with Crippen LogP contribution in [-0.4, -0.2) is 27.0 Å². The van der Waals surface area contributed by atoms with Crippen LogP contribution in [0.4, 0.5) is 0 Å². The van der Waals surface area contributed by atoms with E-state index in [2.05, 4.69) is 5.32 Å². The highest BCUT2D eigenvalue weighted by Crippen LogP contribution is 2.26. The Kier molecular flexibility index (Phi) is 2.29. The lowest BCUT2D eigenvalue weighted by molar-refractivity contribution is -0.125. The summed E-state index contributed by atoms with van der Waals surface area (Å²) in [4.78, 5) is 11.0. The summed E-state index contributed by atoms with van der Waals surface area (Å²) in [5.41, 5.74) is -0.688. The molecule has 0 aromatic rings. The van der Waals surface area contributed by atoms with Gasteiger partial charge in [0, 0.05) is 12.3 Å². The number of carbonyl (C=O) groups is 1. The van der Waals surface area contributed by atoms with Crippen LogP contribution in [0.5, 0.6) is 0 Å². The second-order valence-corrected chi connectivity index (χ2v) is 3.91. The predicted molar refractivity (Wildman–Crippen MR) is 39.5 cm³/mol. The molecule has 0 aliphatic carbocycles. The predicted octanol–water partition coefficient (Wildman–Crippen LogP) is -0.608. The Labute approximate surface area is 67.6 Å². The fraction of sp³-hybridized carbons (Fsp3) is 0.833. The zero-order valence-corrected chi connectivity index (χ0v) is 7.07. The van der Waals surface area contributed by atoms with Crippen LogP contribution in [0.3, 0.4) is 0 Å². The summed E-state index contributed by atoms with van der Waals surface area (Å²) in [6, 6.07) is 0. The number of carbonyl (C=O) groups excluding carboxylic acids is 1. The Morgan fingerprint density at radius 1 is 1.82 bits per heavy atom. The molecule has 64 valence electrons. The molecule has 4 nitrogen and oxygen atoms in total. The highest BCUT2D eigenvalue weighted by molar-refractivity contribution is 7.79. The molecule has 0 saturated carbocycles. The zero-order valence-electron chi connectivity index (χ0n) is 6.25. The summed E-state index contributed by atoms with van der Waals surface area (Å²) in [6.45, 7) is 2.26. The molecule has 5 heteroatoms. The highest BCUT2D eigenvalue weighted by Gasteiger charge is 2.37. The van der Waals surface area contributed by atoms with Crippen molar-refractivity contribution in [1.82, 2.24) is 5.32 Å². The van der Waals surface area contributed by atoms with E-state index in [4.69, 9.17) is 0 Å². The monoisotopic (exact) mass is 176 g/mol. The maximum Gasteiger partial charge on any atom is 0.226 e. The van der Waals surface area contributed by atoms with E-state index in [0.717, 1.165) is 0 Å². The third-order valence-corrected chi connectivity index (χ3v) is 2.82. The lowest BCUT2D eigenvalue weighted by Gasteiger charge is -2.21. The van der Waals surface area contributed by atoms with Crippen LogP contribution in [0.1, 0.15) is 13.3 Å². The van der Waals surface area contributed by atoms with E-state index < -0.39 is 16.5 Å². The van der Waals surface area contributed by atoms with Crippen molar-refractivity contribution in [2.45, 2.75) is 13.3 Å². The summed E-state index contributed by atoms with van der Waals surface area (Å²) < 4.78 is 20.7. The van der Waals surface area contributed by atoms with Crippen LogP contribution in [-0.2, 0) is 15.9 Å². The maximum atomic E-state index is 11.0. The van der Waals surface area contributed by atoms with Gasteiger partial charge in [0.25, 0.3) is 0 Å². The zero-order chi connectivity index (χ0) is 8.48. The summed E-state index contributed by atoms with van der Waals surface area (Å²) >= 11 is -2.13. The summed E-state index contributed by atoms with van der Waals surface area (Å²) in [7, 11) is 0. The lowest BCUT2D eigenvalue weighted by Crippen LogP contribution is -2.33. The van der Waals surface area contributed by atoms with Gasteiger partial charge < -0.3 is 9.87 Å². The summed E-state index contributed by atoms with van der Waals surface area (Å²) in [5.74, 6) is -0.222. The van der Waals surface area contributed by atoms with Gasteiger partial charge >= 0.3 is 0 Å². The van der Waals surface area contributed by atoms with Gasteiger partial charge in [0.2, 0.25) is 5.91 Å². The molecule has 1 aliphatic heterocycles. The SMILES string of the molecule is CC1(CS(=O)[O-])CCNC1=O. The molecule has 1 rings (SSSR count). The Morgan fingerprint density at radius 2 is 2.45 bits per heavy atom. The second-order valence-electron chi connectivity index (χ2n) is 3.01. The first kappa shape index (κ1) is 8.67. The number of amides is 1. The van der Waals surface area contributed by atoms with Gasteiger partial charge in [-0.3, -0.25) is 9.00 Å².